The summed E-state index contributed by atoms with van der Waals surface area (Å²) in [6.07, 6.45) is 3.62. The van der Waals surface area contributed by atoms with Crippen molar-refractivity contribution >= 4 is 11.7 Å². The number of pyridine rings is 1. The summed E-state index contributed by atoms with van der Waals surface area (Å²) in [7, 11) is 0. The van der Waals surface area contributed by atoms with Crippen molar-refractivity contribution in [2.24, 2.45) is 0 Å². The molecule has 1 saturated heterocycles. The van der Waals surface area contributed by atoms with E-state index in [1.165, 1.54) is 0 Å². The number of rotatable bonds is 7. The zero-order valence-electron chi connectivity index (χ0n) is 15.4. The lowest BCUT2D eigenvalue weighted by Crippen LogP contribution is -2.38. The van der Waals surface area contributed by atoms with E-state index in [1.54, 1.807) is 6.20 Å². The summed E-state index contributed by atoms with van der Waals surface area (Å²) in [5.74, 6) is 0.919. The third-order valence-electron chi connectivity index (χ3n) is 4.73. The van der Waals surface area contributed by atoms with Gasteiger partial charge in [0, 0.05) is 31.4 Å². The van der Waals surface area contributed by atoms with Crippen molar-refractivity contribution in [3.63, 3.8) is 0 Å². The smallest absolute Gasteiger partial charge is 0.227 e. The number of carbonyl (C=O) groups is 1. The number of nitrogens with zero attached hydrogens (tertiary/aromatic N) is 2. The molecule has 0 saturated carbocycles. The van der Waals surface area contributed by atoms with Crippen LogP contribution in [0, 0.1) is 0 Å². The van der Waals surface area contributed by atoms with Crippen LogP contribution in [0.25, 0.3) is 0 Å². The Balaban J connectivity index is 1.68. The molecule has 1 N–H and O–H groups in total. The fourth-order valence-corrected chi connectivity index (χ4v) is 3.36. The molecule has 1 atom stereocenters. The van der Waals surface area contributed by atoms with Crippen LogP contribution in [0.15, 0.2) is 48.7 Å². The molecule has 0 bridgehead atoms. The molecule has 2 aromatic rings. The molecule has 26 heavy (non-hydrogen) atoms. The van der Waals surface area contributed by atoms with Gasteiger partial charge in [0.1, 0.15) is 5.82 Å². The highest BCUT2D eigenvalue weighted by atomic mass is 16.5. The Morgan fingerprint density at radius 3 is 2.69 bits per heavy atom. The Morgan fingerprint density at radius 2 is 1.96 bits per heavy atom. The number of hydrogen-bond donors (Lipinski definition) is 1. The van der Waals surface area contributed by atoms with Gasteiger partial charge in [-0.25, -0.2) is 4.98 Å². The van der Waals surface area contributed by atoms with E-state index in [0.29, 0.717) is 6.54 Å². The maximum Gasteiger partial charge on any atom is 0.227 e. The first-order chi connectivity index (χ1) is 12.8. The normalized spacial score (nSPS) is 15.5. The molecule has 138 valence electrons. The van der Waals surface area contributed by atoms with E-state index in [4.69, 9.17) is 4.74 Å². The van der Waals surface area contributed by atoms with Gasteiger partial charge in [-0.3, -0.25) is 4.79 Å². The molecule has 5 heteroatoms. The van der Waals surface area contributed by atoms with Crippen molar-refractivity contribution in [2.75, 3.05) is 31.2 Å². The molecule has 1 aliphatic heterocycles. The fourth-order valence-electron chi connectivity index (χ4n) is 3.36. The summed E-state index contributed by atoms with van der Waals surface area (Å²) in [6.45, 7) is 5.71. The molecule has 1 unspecified atom stereocenters. The topological polar surface area (TPSA) is 54.5 Å². The highest BCUT2D eigenvalue weighted by Gasteiger charge is 2.21. The van der Waals surface area contributed by atoms with Gasteiger partial charge in [-0.1, -0.05) is 49.7 Å². The molecule has 1 amide bonds. The second-order valence-electron chi connectivity index (χ2n) is 6.56. The number of benzene rings is 1. The van der Waals surface area contributed by atoms with E-state index in [2.05, 4.69) is 22.1 Å². The number of amides is 1. The first kappa shape index (κ1) is 18.4. The van der Waals surface area contributed by atoms with Gasteiger partial charge in [-0.2, -0.15) is 0 Å². The van der Waals surface area contributed by atoms with Crippen molar-refractivity contribution in [3.8, 4) is 0 Å². The first-order valence-electron chi connectivity index (χ1n) is 9.39. The molecule has 2 heterocycles. The number of hydrogen-bond acceptors (Lipinski definition) is 4. The molecule has 0 spiro atoms. The van der Waals surface area contributed by atoms with Gasteiger partial charge in [-0.15, -0.1) is 0 Å². The van der Waals surface area contributed by atoms with Crippen molar-refractivity contribution in [1.29, 1.82) is 0 Å². The molecule has 1 fully saturated rings. The lowest BCUT2D eigenvalue weighted by Gasteiger charge is -2.29. The second-order valence-corrected chi connectivity index (χ2v) is 6.56. The Labute approximate surface area is 155 Å². The lowest BCUT2D eigenvalue weighted by atomic mass is 9.93. The van der Waals surface area contributed by atoms with Gasteiger partial charge in [0.15, 0.2) is 0 Å². The predicted molar refractivity (Wildman–Crippen MR) is 103 cm³/mol. The summed E-state index contributed by atoms with van der Waals surface area (Å²) in [4.78, 5) is 19.6. The minimum absolute atomic E-state index is 0.0785. The van der Waals surface area contributed by atoms with E-state index in [9.17, 15) is 4.79 Å². The SMILES string of the molecule is CCCC(C(=O)NCc1cccnc1N1CCOCC1)c1ccccc1. The van der Waals surface area contributed by atoms with Crippen LogP contribution in [0.3, 0.4) is 0 Å². The van der Waals surface area contributed by atoms with Gasteiger partial charge >= 0.3 is 0 Å². The van der Waals surface area contributed by atoms with E-state index in [0.717, 1.165) is 56.1 Å². The summed E-state index contributed by atoms with van der Waals surface area (Å²) in [5, 5.41) is 3.12. The maximum atomic E-state index is 12.8. The van der Waals surface area contributed by atoms with Crippen molar-refractivity contribution < 1.29 is 9.53 Å². The molecular weight excluding hydrogens is 326 g/mol. The maximum absolute atomic E-state index is 12.8. The Hall–Kier alpha value is -2.40. The third kappa shape index (κ3) is 4.61. The highest BCUT2D eigenvalue weighted by molar-refractivity contribution is 5.83. The zero-order chi connectivity index (χ0) is 18.2. The Bertz CT molecular complexity index is 699. The molecule has 1 aromatic heterocycles. The Morgan fingerprint density at radius 1 is 1.19 bits per heavy atom. The van der Waals surface area contributed by atoms with Crippen molar-refractivity contribution in [3.05, 3.63) is 59.8 Å². The van der Waals surface area contributed by atoms with Crippen LogP contribution >= 0.6 is 0 Å². The summed E-state index contributed by atoms with van der Waals surface area (Å²) >= 11 is 0. The lowest BCUT2D eigenvalue weighted by molar-refractivity contribution is -0.122. The van der Waals surface area contributed by atoms with Crippen LogP contribution in [0.5, 0.6) is 0 Å². The number of ether oxygens (including phenoxy) is 1. The summed E-state index contributed by atoms with van der Waals surface area (Å²) < 4.78 is 5.43. The molecule has 3 rings (SSSR count). The van der Waals surface area contributed by atoms with Crippen LogP contribution in [0.2, 0.25) is 0 Å². The summed E-state index contributed by atoms with van der Waals surface area (Å²) in [6, 6.07) is 14.0. The first-order valence-corrected chi connectivity index (χ1v) is 9.39. The van der Waals surface area contributed by atoms with Crippen molar-refractivity contribution in [1.82, 2.24) is 10.3 Å². The number of nitrogens with one attached hydrogen (secondary N) is 1. The van der Waals surface area contributed by atoms with Crippen LogP contribution < -0.4 is 10.2 Å². The number of aromatic nitrogens is 1. The third-order valence-corrected chi connectivity index (χ3v) is 4.73. The zero-order valence-corrected chi connectivity index (χ0v) is 15.4. The van der Waals surface area contributed by atoms with Gasteiger partial charge in [0.2, 0.25) is 5.91 Å². The molecule has 1 aliphatic rings. The standard InChI is InChI=1S/C21H27N3O2/c1-2-7-19(17-8-4-3-5-9-17)21(25)23-16-18-10-6-11-22-20(18)24-12-14-26-15-13-24/h3-6,8-11,19H,2,7,12-16H2,1H3,(H,23,25). The molecule has 0 aliphatic carbocycles. The van der Waals surface area contributed by atoms with E-state index in [-0.39, 0.29) is 11.8 Å². The van der Waals surface area contributed by atoms with E-state index < -0.39 is 0 Å². The predicted octanol–water partition coefficient (Wildman–Crippen LogP) is 3.12. The number of carbonyl (C=O) groups excluding carboxylic acids is 1. The number of anilines is 1. The minimum Gasteiger partial charge on any atom is -0.378 e. The summed E-state index contributed by atoms with van der Waals surface area (Å²) in [5.41, 5.74) is 2.12. The van der Waals surface area contributed by atoms with E-state index >= 15 is 0 Å². The van der Waals surface area contributed by atoms with Crippen molar-refractivity contribution in [2.45, 2.75) is 32.2 Å². The Kier molecular flexibility index (Phi) is 6.61. The average Bonchev–Trinajstić information content (AvgIpc) is 2.72. The average molecular weight is 353 g/mol. The molecule has 0 radical (unpaired) electrons. The quantitative estimate of drug-likeness (QED) is 0.831. The van der Waals surface area contributed by atoms with Gasteiger partial charge < -0.3 is 15.0 Å². The van der Waals surface area contributed by atoms with Gasteiger partial charge in [0.25, 0.3) is 0 Å². The fraction of sp³-hybridized carbons (Fsp3) is 0.429. The largest absolute Gasteiger partial charge is 0.378 e. The number of morpholine rings is 1. The monoisotopic (exact) mass is 353 g/mol. The minimum atomic E-state index is -0.107. The second kappa shape index (κ2) is 9.34. The molecular formula is C21H27N3O2. The highest BCUT2D eigenvalue weighted by Crippen LogP contribution is 2.22. The molecule has 5 nitrogen and oxygen atoms in total. The van der Waals surface area contributed by atoms with Crippen LogP contribution in [0.4, 0.5) is 5.82 Å². The van der Waals surface area contributed by atoms with Gasteiger partial charge in [0.05, 0.1) is 19.1 Å². The van der Waals surface area contributed by atoms with Crippen LogP contribution in [-0.2, 0) is 16.1 Å². The van der Waals surface area contributed by atoms with Crippen LogP contribution in [-0.4, -0.2) is 37.2 Å². The van der Waals surface area contributed by atoms with Crippen LogP contribution in [0.1, 0.15) is 36.8 Å². The molecule has 1 aromatic carbocycles. The van der Waals surface area contributed by atoms with Gasteiger partial charge in [-0.05, 0) is 18.1 Å². The van der Waals surface area contributed by atoms with E-state index in [1.807, 2.05) is 42.5 Å².